The summed E-state index contributed by atoms with van der Waals surface area (Å²) in [6.45, 7) is 11.2. The maximum atomic E-state index is 5.98. The number of nitrogens with zero attached hydrogens (tertiary/aromatic N) is 3. The van der Waals surface area contributed by atoms with E-state index in [1.165, 1.54) is 0 Å². The van der Waals surface area contributed by atoms with Crippen LogP contribution in [0.15, 0.2) is 12.4 Å². The van der Waals surface area contributed by atoms with Crippen molar-refractivity contribution < 1.29 is 0 Å². The molecule has 1 heterocycles. The molecule has 0 unspecified atom stereocenters. The lowest BCUT2D eigenvalue weighted by atomic mass is 9.89. The monoisotopic (exact) mass is 236 g/mol. The third-order valence-corrected chi connectivity index (χ3v) is 2.49. The van der Waals surface area contributed by atoms with Crippen molar-refractivity contribution in [2.24, 2.45) is 5.73 Å². The lowest BCUT2D eigenvalue weighted by Gasteiger charge is -2.27. The second kappa shape index (κ2) is 4.61. The van der Waals surface area contributed by atoms with Crippen molar-refractivity contribution in [1.82, 2.24) is 9.97 Å². The maximum absolute atomic E-state index is 5.98. The van der Waals surface area contributed by atoms with Gasteiger partial charge in [-0.15, -0.1) is 0 Å². The molecule has 1 aromatic heterocycles. The smallest absolute Gasteiger partial charge is 0.225 e. The number of aromatic nitrogens is 2. The summed E-state index contributed by atoms with van der Waals surface area (Å²) in [4.78, 5) is 10.8. The standard InChI is InChI=1S/C13H24N4/c1-12(2,3)10-7-15-11(16-8-10)17(6)9-13(4,5)14/h7-8H,9,14H2,1-6H3. The van der Waals surface area contributed by atoms with Crippen molar-refractivity contribution in [3.05, 3.63) is 18.0 Å². The van der Waals surface area contributed by atoms with Crippen LogP contribution in [-0.2, 0) is 5.41 Å². The molecule has 1 aromatic rings. The van der Waals surface area contributed by atoms with Gasteiger partial charge in [0.2, 0.25) is 5.95 Å². The zero-order valence-corrected chi connectivity index (χ0v) is 11.8. The Morgan fingerprint density at radius 1 is 1.12 bits per heavy atom. The van der Waals surface area contributed by atoms with E-state index in [0.717, 1.165) is 18.1 Å². The van der Waals surface area contributed by atoms with Crippen LogP contribution >= 0.6 is 0 Å². The summed E-state index contributed by atoms with van der Waals surface area (Å²) < 4.78 is 0. The minimum absolute atomic E-state index is 0.0875. The third kappa shape index (κ3) is 4.30. The minimum Gasteiger partial charge on any atom is -0.342 e. The van der Waals surface area contributed by atoms with Crippen molar-refractivity contribution in [2.75, 3.05) is 18.5 Å². The fraction of sp³-hybridized carbons (Fsp3) is 0.692. The predicted octanol–water partition coefficient (Wildman–Crippen LogP) is 1.95. The van der Waals surface area contributed by atoms with Crippen LogP contribution in [0, 0.1) is 0 Å². The van der Waals surface area contributed by atoms with E-state index in [9.17, 15) is 0 Å². The Morgan fingerprint density at radius 3 is 1.94 bits per heavy atom. The average molecular weight is 236 g/mol. The van der Waals surface area contributed by atoms with Gasteiger partial charge in [-0.3, -0.25) is 0 Å². The van der Waals surface area contributed by atoms with E-state index < -0.39 is 0 Å². The van der Waals surface area contributed by atoms with Gasteiger partial charge in [0, 0.05) is 31.5 Å². The molecule has 1 rings (SSSR count). The molecule has 0 saturated carbocycles. The zero-order chi connectivity index (χ0) is 13.3. The summed E-state index contributed by atoms with van der Waals surface area (Å²) in [5.74, 6) is 0.719. The first-order valence-corrected chi connectivity index (χ1v) is 5.92. The van der Waals surface area contributed by atoms with E-state index in [-0.39, 0.29) is 11.0 Å². The molecule has 4 nitrogen and oxygen atoms in total. The quantitative estimate of drug-likeness (QED) is 0.871. The van der Waals surface area contributed by atoms with Gasteiger partial charge in [0.1, 0.15) is 0 Å². The fourth-order valence-electron chi connectivity index (χ4n) is 1.59. The summed E-state index contributed by atoms with van der Waals surface area (Å²) >= 11 is 0. The van der Waals surface area contributed by atoms with Crippen LogP contribution in [0.3, 0.4) is 0 Å². The molecule has 0 saturated heterocycles. The number of rotatable bonds is 3. The lowest BCUT2D eigenvalue weighted by Crippen LogP contribution is -2.44. The number of likely N-dealkylation sites (N-methyl/N-ethyl adjacent to an activating group) is 1. The van der Waals surface area contributed by atoms with Crippen molar-refractivity contribution in [2.45, 2.75) is 45.6 Å². The Morgan fingerprint density at radius 2 is 1.59 bits per heavy atom. The fourth-order valence-corrected chi connectivity index (χ4v) is 1.59. The van der Waals surface area contributed by atoms with Crippen molar-refractivity contribution in [1.29, 1.82) is 0 Å². The van der Waals surface area contributed by atoms with E-state index in [4.69, 9.17) is 5.73 Å². The largest absolute Gasteiger partial charge is 0.342 e. The van der Waals surface area contributed by atoms with Crippen LogP contribution in [0.5, 0.6) is 0 Å². The van der Waals surface area contributed by atoms with E-state index >= 15 is 0 Å². The molecule has 0 atom stereocenters. The highest BCUT2D eigenvalue weighted by Crippen LogP contribution is 2.21. The highest BCUT2D eigenvalue weighted by atomic mass is 15.2. The molecule has 17 heavy (non-hydrogen) atoms. The van der Waals surface area contributed by atoms with Crippen LogP contribution < -0.4 is 10.6 Å². The van der Waals surface area contributed by atoms with Crippen LogP contribution in [0.2, 0.25) is 0 Å². The molecular formula is C13H24N4. The lowest BCUT2D eigenvalue weighted by molar-refractivity contribution is 0.514. The summed E-state index contributed by atoms with van der Waals surface area (Å²) in [6, 6.07) is 0. The Bertz CT molecular complexity index is 356. The van der Waals surface area contributed by atoms with Gasteiger partial charge in [-0.2, -0.15) is 0 Å². The second-order valence-corrected chi connectivity index (χ2v) is 6.37. The minimum atomic E-state index is -0.249. The number of nitrogens with two attached hydrogens (primary N) is 1. The van der Waals surface area contributed by atoms with Gasteiger partial charge in [-0.1, -0.05) is 20.8 Å². The van der Waals surface area contributed by atoms with Crippen molar-refractivity contribution in [3.8, 4) is 0 Å². The van der Waals surface area contributed by atoms with Crippen LogP contribution in [0.25, 0.3) is 0 Å². The molecule has 4 heteroatoms. The van der Waals surface area contributed by atoms with Gasteiger partial charge < -0.3 is 10.6 Å². The molecule has 0 aliphatic heterocycles. The molecule has 0 aromatic carbocycles. The molecule has 0 aliphatic rings. The van der Waals surface area contributed by atoms with Gasteiger partial charge in [0.05, 0.1) is 0 Å². The van der Waals surface area contributed by atoms with E-state index in [1.807, 2.05) is 38.2 Å². The summed E-state index contributed by atoms with van der Waals surface area (Å²) in [6.07, 6.45) is 3.78. The van der Waals surface area contributed by atoms with Gasteiger partial charge in [0.15, 0.2) is 0 Å². The molecule has 0 aliphatic carbocycles. The van der Waals surface area contributed by atoms with E-state index in [0.29, 0.717) is 0 Å². The molecule has 96 valence electrons. The van der Waals surface area contributed by atoms with Crippen LogP contribution in [-0.4, -0.2) is 29.1 Å². The van der Waals surface area contributed by atoms with Crippen LogP contribution in [0.4, 0.5) is 5.95 Å². The number of hydrogen-bond donors (Lipinski definition) is 1. The van der Waals surface area contributed by atoms with Crippen molar-refractivity contribution >= 4 is 5.95 Å². The molecule has 0 spiro atoms. The Balaban J connectivity index is 2.81. The Kier molecular flexibility index (Phi) is 3.77. The SMILES string of the molecule is CN(CC(C)(C)N)c1ncc(C(C)(C)C)cn1. The first-order chi connectivity index (χ1) is 7.59. The van der Waals surface area contributed by atoms with Gasteiger partial charge >= 0.3 is 0 Å². The van der Waals surface area contributed by atoms with Crippen LogP contribution in [0.1, 0.15) is 40.2 Å². The first kappa shape index (κ1) is 13.9. The Hall–Kier alpha value is -1.16. The van der Waals surface area contributed by atoms with Crippen molar-refractivity contribution in [3.63, 3.8) is 0 Å². The Labute approximate surface area is 104 Å². The molecular weight excluding hydrogens is 212 g/mol. The topological polar surface area (TPSA) is 55.0 Å². The predicted molar refractivity (Wildman–Crippen MR) is 72.3 cm³/mol. The summed E-state index contributed by atoms with van der Waals surface area (Å²) in [7, 11) is 1.96. The van der Waals surface area contributed by atoms with Gasteiger partial charge in [-0.25, -0.2) is 9.97 Å². The first-order valence-electron chi connectivity index (χ1n) is 5.92. The average Bonchev–Trinajstić information content (AvgIpc) is 2.14. The molecule has 0 bridgehead atoms. The molecule has 0 radical (unpaired) electrons. The highest BCUT2D eigenvalue weighted by molar-refractivity contribution is 5.30. The zero-order valence-electron chi connectivity index (χ0n) is 11.8. The summed E-state index contributed by atoms with van der Waals surface area (Å²) in [5.41, 5.74) is 6.95. The van der Waals surface area contributed by atoms with E-state index in [1.54, 1.807) is 0 Å². The third-order valence-electron chi connectivity index (χ3n) is 2.49. The maximum Gasteiger partial charge on any atom is 0.225 e. The molecule has 0 fully saturated rings. The second-order valence-electron chi connectivity index (χ2n) is 6.37. The number of hydrogen-bond acceptors (Lipinski definition) is 4. The number of anilines is 1. The van der Waals surface area contributed by atoms with Gasteiger partial charge in [0.25, 0.3) is 0 Å². The van der Waals surface area contributed by atoms with E-state index in [2.05, 4.69) is 30.7 Å². The molecule has 2 N–H and O–H groups in total. The molecule has 0 amide bonds. The normalized spacial score (nSPS) is 12.6. The summed E-state index contributed by atoms with van der Waals surface area (Å²) in [5, 5.41) is 0. The highest BCUT2D eigenvalue weighted by Gasteiger charge is 2.18. The van der Waals surface area contributed by atoms with Gasteiger partial charge in [-0.05, 0) is 24.8 Å².